The highest BCUT2D eigenvalue weighted by Gasteiger charge is 2.24. The quantitative estimate of drug-likeness (QED) is 0.120. The first-order valence-electron chi connectivity index (χ1n) is 22.7. The van der Waals surface area contributed by atoms with Crippen molar-refractivity contribution in [2.24, 2.45) is 0 Å². The average molecular weight is 839 g/mol. The van der Waals surface area contributed by atoms with Crippen LogP contribution in [0.1, 0.15) is 22.3 Å². The maximum absolute atomic E-state index is 2.42. The van der Waals surface area contributed by atoms with E-state index in [1.165, 1.54) is 111 Å². The first-order valence-corrected chi connectivity index (χ1v) is 22.7. The molecule has 0 aliphatic heterocycles. The maximum Gasteiger partial charge on any atom is -0.00143 e. The lowest BCUT2D eigenvalue weighted by Crippen LogP contribution is -1.98. The van der Waals surface area contributed by atoms with E-state index in [1.807, 2.05) is 0 Å². The van der Waals surface area contributed by atoms with Gasteiger partial charge in [0.2, 0.25) is 0 Å². The average Bonchev–Trinajstić information content (AvgIpc) is 3.41. The molecule has 0 heteroatoms. The summed E-state index contributed by atoms with van der Waals surface area (Å²) in [5, 5.41) is 2.46. The molecule has 0 aliphatic carbocycles. The summed E-state index contributed by atoms with van der Waals surface area (Å²) in [4.78, 5) is 0. The summed E-state index contributed by atoms with van der Waals surface area (Å²) in [6.45, 7) is 0. The van der Waals surface area contributed by atoms with Crippen molar-refractivity contribution in [3.05, 3.63) is 301 Å². The molecule has 0 saturated carbocycles. The van der Waals surface area contributed by atoms with Gasteiger partial charge < -0.3 is 0 Å². The molecule has 11 rings (SSSR count). The van der Waals surface area contributed by atoms with E-state index >= 15 is 0 Å². The Labute approximate surface area is 388 Å². The first-order chi connectivity index (χ1) is 32.8. The van der Waals surface area contributed by atoms with E-state index in [1.54, 1.807) is 0 Å². The van der Waals surface area contributed by atoms with Crippen LogP contribution in [0.5, 0.6) is 0 Å². The van der Waals surface area contributed by atoms with Crippen LogP contribution in [0.25, 0.3) is 88.7 Å². The van der Waals surface area contributed by atoms with Gasteiger partial charge in [0.05, 0.1) is 0 Å². The molecule has 0 heterocycles. The Morgan fingerprint density at radius 3 is 0.985 bits per heavy atom. The summed E-state index contributed by atoms with van der Waals surface area (Å²) in [5.74, 6) is 0. The number of benzene rings is 11. The molecule has 0 N–H and O–H groups in total. The van der Waals surface area contributed by atoms with Gasteiger partial charge in [-0.1, -0.05) is 267 Å². The lowest BCUT2D eigenvalue weighted by Gasteiger charge is -2.24. The van der Waals surface area contributed by atoms with Crippen LogP contribution in [0.2, 0.25) is 0 Å². The zero-order valence-electron chi connectivity index (χ0n) is 36.6. The van der Waals surface area contributed by atoms with Crippen LogP contribution in [-0.4, -0.2) is 0 Å². The number of hydrogen-bond donors (Lipinski definition) is 0. The molecule has 66 heavy (non-hydrogen) atoms. The third-order valence-electron chi connectivity index (χ3n) is 12.7. The van der Waals surface area contributed by atoms with Crippen molar-refractivity contribution in [3.63, 3.8) is 0 Å². The molecule has 0 fully saturated rings. The number of rotatable bonds is 10. The molecular formula is C66H46. The van der Waals surface area contributed by atoms with Gasteiger partial charge in [-0.3, -0.25) is 0 Å². The minimum Gasteiger partial charge on any atom is -0.0622 e. The van der Waals surface area contributed by atoms with Gasteiger partial charge in [0, 0.05) is 0 Å². The van der Waals surface area contributed by atoms with Crippen LogP contribution in [0.3, 0.4) is 0 Å². The normalized spacial score (nSPS) is 11.0. The van der Waals surface area contributed by atoms with E-state index in [2.05, 4.69) is 279 Å². The maximum atomic E-state index is 2.42. The Morgan fingerprint density at radius 2 is 0.500 bits per heavy atom. The molecule has 0 radical (unpaired) electrons. The predicted octanol–water partition coefficient (Wildman–Crippen LogP) is 17.8. The molecule has 0 bridgehead atoms. The Morgan fingerprint density at radius 1 is 0.182 bits per heavy atom. The summed E-state index contributed by atoms with van der Waals surface area (Å²) in [7, 11) is 0. The van der Waals surface area contributed by atoms with Gasteiger partial charge in [0.1, 0.15) is 0 Å². The Hall–Kier alpha value is -8.58. The van der Waals surface area contributed by atoms with Gasteiger partial charge in [-0.05, 0) is 123 Å². The topological polar surface area (TPSA) is 0 Å². The highest BCUT2D eigenvalue weighted by Crippen LogP contribution is 2.50. The van der Waals surface area contributed by atoms with E-state index in [0.717, 1.165) is 0 Å². The molecule has 0 aliphatic rings. The van der Waals surface area contributed by atoms with Crippen molar-refractivity contribution in [2.75, 3.05) is 0 Å². The zero-order valence-corrected chi connectivity index (χ0v) is 36.6. The molecule has 0 amide bonds. The number of hydrogen-bond acceptors (Lipinski definition) is 0. The minimum absolute atomic E-state index is 1.17. The summed E-state index contributed by atoms with van der Waals surface area (Å²) in [6, 6.07) is 101. The summed E-state index contributed by atoms with van der Waals surface area (Å²) in [5.41, 5.74) is 21.5. The SMILES string of the molecule is c1ccc(C(=C(c2ccc(-c3ccc(-c4cc(-c5ccccc5)c(-c5ccccc5)c(-c5ccccc5)c4-c4ccccc4)cc3)cc2)c2ccc3ccccc3c2)c2ccccc2)cc1. The van der Waals surface area contributed by atoms with Crippen molar-refractivity contribution in [1.29, 1.82) is 0 Å². The largest absolute Gasteiger partial charge is 0.0622 e. The van der Waals surface area contributed by atoms with Crippen LogP contribution >= 0.6 is 0 Å². The van der Waals surface area contributed by atoms with E-state index in [-0.39, 0.29) is 0 Å². The smallest absolute Gasteiger partial charge is 0.00143 e. The minimum atomic E-state index is 1.17. The van der Waals surface area contributed by atoms with Gasteiger partial charge >= 0.3 is 0 Å². The predicted molar refractivity (Wildman–Crippen MR) is 281 cm³/mol. The van der Waals surface area contributed by atoms with Gasteiger partial charge in [0.25, 0.3) is 0 Å². The van der Waals surface area contributed by atoms with Crippen LogP contribution in [0.4, 0.5) is 0 Å². The molecule has 0 atom stereocenters. The van der Waals surface area contributed by atoms with Gasteiger partial charge in [-0.15, -0.1) is 0 Å². The second-order valence-electron chi connectivity index (χ2n) is 16.8. The first kappa shape index (κ1) is 40.2. The van der Waals surface area contributed by atoms with Gasteiger partial charge in [-0.2, -0.15) is 0 Å². The molecule has 0 spiro atoms. The van der Waals surface area contributed by atoms with Crippen LogP contribution < -0.4 is 0 Å². The van der Waals surface area contributed by atoms with E-state index in [0.29, 0.717) is 0 Å². The molecule has 0 unspecified atom stereocenters. The van der Waals surface area contributed by atoms with Gasteiger partial charge in [0.15, 0.2) is 0 Å². The van der Waals surface area contributed by atoms with Crippen LogP contribution in [0.15, 0.2) is 279 Å². The molecule has 0 nitrogen and oxygen atoms in total. The fourth-order valence-electron chi connectivity index (χ4n) is 9.60. The highest BCUT2D eigenvalue weighted by molar-refractivity contribution is 6.08. The molecule has 11 aromatic rings. The molecule has 0 aromatic heterocycles. The second-order valence-corrected chi connectivity index (χ2v) is 16.8. The van der Waals surface area contributed by atoms with Crippen molar-refractivity contribution < 1.29 is 0 Å². The van der Waals surface area contributed by atoms with Crippen molar-refractivity contribution in [3.8, 4) is 66.8 Å². The lowest BCUT2D eigenvalue weighted by atomic mass is 9.79. The second kappa shape index (κ2) is 18.3. The van der Waals surface area contributed by atoms with Crippen molar-refractivity contribution in [2.45, 2.75) is 0 Å². The molecule has 310 valence electrons. The standard InChI is InChI=1S/C66H46/c1-7-22-50(23-8-1)60-46-61(65(55-30-15-5-16-31-55)66(56-32-17-6-18-33-56)64(60)54-28-13-4-14-29-54)51-40-35-48(36-41-51)49-37-42-57(43-38-49)63(59-44-39-47-21-19-20-34-58(47)45-59)62(52-24-9-2-10-25-52)53-26-11-3-12-27-53/h1-46H. The van der Waals surface area contributed by atoms with E-state index in [9.17, 15) is 0 Å². The van der Waals surface area contributed by atoms with E-state index < -0.39 is 0 Å². The number of fused-ring (bicyclic) bond motifs is 1. The van der Waals surface area contributed by atoms with Crippen LogP contribution in [-0.2, 0) is 0 Å². The third-order valence-corrected chi connectivity index (χ3v) is 12.7. The highest BCUT2D eigenvalue weighted by atomic mass is 14.3. The lowest BCUT2D eigenvalue weighted by molar-refractivity contribution is 1.50. The summed E-state index contributed by atoms with van der Waals surface area (Å²) < 4.78 is 0. The Kier molecular flexibility index (Phi) is 11.1. The van der Waals surface area contributed by atoms with Gasteiger partial charge in [-0.25, -0.2) is 0 Å². The molecule has 0 saturated heterocycles. The monoisotopic (exact) mass is 838 g/mol. The van der Waals surface area contributed by atoms with Crippen molar-refractivity contribution in [1.82, 2.24) is 0 Å². The fraction of sp³-hybridized carbons (Fsp3) is 0. The van der Waals surface area contributed by atoms with Crippen LogP contribution in [0, 0.1) is 0 Å². The Balaban J connectivity index is 1.07. The summed E-state index contributed by atoms with van der Waals surface area (Å²) >= 11 is 0. The van der Waals surface area contributed by atoms with Crippen molar-refractivity contribution >= 4 is 21.9 Å². The van der Waals surface area contributed by atoms with E-state index in [4.69, 9.17) is 0 Å². The third kappa shape index (κ3) is 7.98. The fourth-order valence-corrected chi connectivity index (χ4v) is 9.60. The summed E-state index contributed by atoms with van der Waals surface area (Å²) in [6.07, 6.45) is 0. The molecule has 11 aromatic carbocycles. The zero-order chi connectivity index (χ0) is 44.1. The Bertz CT molecular complexity index is 3390. The molecular weight excluding hydrogens is 793 g/mol.